The standard InChI is InChI=1S/C14H21NO3/c1-9-3-5-11(6-4-9)15-8-12-7-13(14(16)17)10(2)18-12/h7,9,11,15H,3-6,8H2,1-2H3,(H,16,17). The van der Waals surface area contributed by atoms with E-state index in [1.165, 1.54) is 25.7 Å². The van der Waals surface area contributed by atoms with E-state index in [1.807, 2.05) is 0 Å². The van der Waals surface area contributed by atoms with Gasteiger partial charge in [0.2, 0.25) is 0 Å². The number of aromatic carboxylic acids is 1. The van der Waals surface area contributed by atoms with Gasteiger partial charge in [0.05, 0.1) is 6.54 Å². The van der Waals surface area contributed by atoms with Crippen molar-refractivity contribution >= 4 is 5.97 Å². The van der Waals surface area contributed by atoms with E-state index in [-0.39, 0.29) is 5.56 Å². The third-order valence-electron chi connectivity index (χ3n) is 3.78. The average molecular weight is 251 g/mol. The molecule has 0 amide bonds. The van der Waals surface area contributed by atoms with Crippen molar-refractivity contribution in [2.45, 2.75) is 52.1 Å². The summed E-state index contributed by atoms with van der Waals surface area (Å²) < 4.78 is 5.44. The molecule has 0 saturated heterocycles. The molecule has 1 fully saturated rings. The number of furan rings is 1. The van der Waals surface area contributed by atoms with E-state index in [2.05, 4.69) is 12.2 Å². The minimum Gasteiger partial charge on any atom is -0.478 e. The first-order valence-corrected chi connectivity index (χ1v) is 6.62. The molecule has 100 valence electrons. The van der Waals surface area contributed by atoms with Crippen molar-refractivity contribution in [3.05, 3.63) is 23.2 Å². The predicted molar refractivity (Wildman–Crippen MR) is 68.7 cm³/mol. The quantitative estimate of drug-likeness (QED) is 0.863. The highest BCUT2D eigenvalue weighted by molar-refractivity contribution is 5.88. The maximum atomic E-state index is 10.9. The molecule has 2 N–H and O–H groups in total. The lowest BCUT2D eigenvalue weighted by molar-refractivity contribution is 0.0695. The third kappa shape index (κ3) is 3.13. The third-order valence-corrected chi connectivity index (χ3v) is 3.78. The Morgan fingerprint density at radius 2 is 2.11 bits per heavy atom. The van der Waals surface area contributed by atoms with Gasteiger partial charge < -0.3 is 14.8 Å². The second-order valence-corrected chi connectivity index (χ2v) is 5.33. The Hall–Kier alpha value is -1.29. The molecule has 0 unspecified atom stereocenters. The van der Waals surface area contributed by atoms with Crippen molar-refractivity contribution in [3.63, 3.8) is 0 Å². The number of hydrogen-bond acceptors (Lipinski definition) is 3. The molecule has 0 spiro atoms. The van der Waals surface area contributed by atoms with Crippen molar-refractivity contribution in [1.29, 1.82) is 0 Å². The lowest BCUT2D eigenvalue weighted by Gasteiger charge is -2.26. The van der Waals surface area contributed by atoms with Crippen LogP contribution in [0, 0.1) is 12.8 Å². The van der Waals surface area contributed by atoms with Gasteiger partial charge in [0.15, 0.2) is 0 Å². The molecule has 0 aromatic carbocycles. The summed E-state index contributed by atoms with van der Waals surface area (Å²) in [5.41, 5.74) is 0.268. The Balaban J connectivity index is 1.86. The normalized spacial score (nSPS) is 24.1. The van der Waals surface area contributed by atoms with E-state index in [0.717, 1.165) is 5.92 Å². The maximum absolute atomic E-state index is 10.9. The van der Waals surface area contributed by atoms with Gasteiger partial charge in [-0.05, 0) is 44.6 Å². The van der Waals surface area contributed by atoms with Crippen LogP contribution in [-0.4, -0.2) is 17.1 Å². The first-order valence-electron chi connectivity index (χ1n) is 6.62. The van der Waals surface area contributed by atoms with E-state index in [9.17, 15) is 4.79 Å². The average Bonchev–Trinajstić information content (AvgIpc) is 2.70. The summed E-state index contributed by atoms with van der Waals surface area (Å²) >= 11 is 0. The predicted octanol–water partition coefficient (Wildman–Crippen LogP) is 2.95. The molecule has 2 rings (SSSR count). The highest BCUT2D eigenvalue weighted by atomic mass is 16.4. The van der Waals surface area contributed by atoms with Crippen LogP contribution in [0.5, 0.6) is 0 Å². The number of carbonyl (C=O) groups is 1. The number of nitrogens with one attached hydrogen (secondary N) is 1. The first-order chi connectivity index (χ1) is 8.56. The maximum Gasteiger partial charge on any atom is 0.339 e. The number of aryl methyl sites for hydroxylation is 1. The lowest BCUT2D eigenvalue weighted by Crippen LogP contribution is -2.32. The molecule has 1 aromatic rings. The second kappa shape index (κ2) is 5.57. The van der Waals surface area contributed by atoms with Crippen LogP contribution in [0.15, 0.2) is 10.5 Å². The zero-order valence-electron chi connectivity index (χ0n) is 11.0. The van der Waals surface area contributed by atoms with E-state index in [0.29, 0.717) is 24.1 Å². The van der Waals surface area contributed by atoms with Crippen LogP contribution in [0.1, 0.15) is 54.5 Å². The zero-order valence-corrected chi connectivity index (χ0v) is 11.0. The zero-order chi connectivity index (χ0) is 13.1. The largest absolute Gasteiger partial charge is 0.478 e. The monoisotopic (exact) mass is 251 g/mol. The van der Waals surface area contributed by atoms with Crippen molar-refractivity contribution < 1.29 is 14.3 Å². The molecular weight excluding hydrogens is 230 g/mol. The molecule has 0 radical (unpaired) electrons. The van der Waals surface area contributed by atoms with Crippen LogP contribution in [0.3, 0.4) is 0 Å². The van der Waals surface area contributed by atoms with Gasteiger partial charge in [0, 0.05) is 6.04 Å². The number of hydrogen-bond donors (Lipinski definition) is 2. The first kappa shape index (κ1) is 13.1. The van der Waals surface area contributed by atoms with Crippen LogP contribution < -0.4 is 5.32 Å². The fourth-order valence-corrected chi connectivity index (χ4v) is 2.55. The molecule has 4 nitrogen and oxygen atoms in total. The minimum atomic E-state index is -0.922. The summed E-state index contributed by atoms with van der Waals surface area (Å²) in [5, 5.41) is 12.4. The SMILES string of the molecule is Cc1oc(CNC2CCC(C)CC2)cc1C(=O)O. The van der Waals surface area contributed by atoms with Crippen molar-refractivity contribution in [1.82, 2.24) is 5.32 Å². The summed E-state index contributed by atoms with van der Waals surface area (Å²) in [4.78, 5) is 10.9. The fraction of sp³-hybridized carbons (Fsp3) is 0.643. The van der Waals surface area contributed by atoms with E-state index >= 15 is 0 Å². The molecule has 1 aliphatic rings. The molecule has 18 heavy (non-hydrogen) atoms. The lowest BCUT2D eigenvalue weighted by atomic mass is 9.87. The van der Waals surface area contributed by atoms with E-state index < -0.39 is 5.97 Å². The summed E-state index contributed by atoms with van der Waals surface area (Å²) in [7, 11) is 0. The number of carboxylic acids is 1. The van der Waals surface area contributed by atoms with Crippen molar-refractivity contribution in [2.24, 2.45) is 5.92 Å². The van der Waals surface area contributed by atoms with Gasteiger partial charge in [-0.2, -0.15) is 0 Å². The molecule has 1 aliphatic carbocycles. The van der Waals surface area contributed by atoms with Gasteiger partial charge in [0.1, 0.15) is 17.1 Å². The molecule has 0 bridgehead atoms. The van der Waals surface area contributed by atoms with Crippen LogP contribution in [-0.2, 0) is 6.54 Å². The summed E-state index contributed by atoms with van der Waals surface area (Å²) in [6.07, 6.45) is 4.95. The molecule has 0 atom stereocenters. The minimum absolute atomic E-state index is 0.268. The number of carboxylic acid groups (broad SMARTS) is 1. The highest BCUT2D eigenvalue weighted by Gasteiger charge is 2.19. The topological polar surface area (TPSA) is 62.5 Å². The Morgan fingerprint density at radius 1 is 1.44 bits per heavy atom. The molecule has 4 heteroatoms. The summed E-state index contributed by atoms with van der Waals surface area (Å²) in [5.74, 6) is 1.11. The Morgan fingerprint density at radius 3 is 2.67 bits per heavy atom. The fourth-order valence-electron chi connectivity index (χ4n) is 2.55. The molecule has 1 heterocycles. The van der Waals surface area contributed by atoms with Crippen LogP contribution in [0.2, 0.25) is 0 Å². The van der Waals surface area contributed by atoms with E-state index in [4.69, 9.17) is 9.52 Å². The van der Waals surface area contributed by atoms with Crippen LogP contribution >= 0.6 is 0 Å². The van der Waals surface area contributed by atoms with Gasteiger partial charge >= 0.3 is 5.97 Å². The van der Waals surface area contributed by atoms with E-state index in [1.54, 1.807) is 13.0 Å². The molecule has 0 aliphatic heterocycles. The van der Waals surface area contributed by atoms with Gasteiger partial charge in [0.25, 0.3) is 0 Å². The molecule has 1 saturated carbocycles. The number of rotatable bonds is 4. The smallest absolute Gasteiger partial charge is 0.339 e. The van der Waals surface area contributed by atoms with Gasteiger partial charge in [-0.15, -0.1) is 0 Å². The van der Waals surface area contributed by atoms with Crippen molar-refractivity contribution in [2.75, 3.05) is 0 Å². The Bertz CT molecular complexity index is 417. The highest BCUT2D eigenvalue weighted by Crippen LogP contribution is 2.24. The van der Waals surface area contributed by atoms with Gasteiger partial charge in [-0.1, -0.05) is 6.92 Å². The Kier molecular flexibility index (Phi) is 4.07. The molecular formula is C14H21NO3. The second-order valence-electron chi connectivity index (χ2n) is 5.33. The van der Waals surface area contributed by atoms with Gasteiger partial charge in [-0.3, -0.25) is 0 Å². The van der Waals surface area contributed by atoms with Crippen LogP contribution in [0.25, 0.3) is 0 Å². The summed E-state index contributed by atoms with van der Waals surface area (Å²) in [6, 6.07) is 2.16. The van der Waals surface area contributed by atoms with Crippen molar-refractivity contribution in [3.8, 4) is 0 Å². The molecule has 1 aromatic heterocycles. The Labute approximate surface area is 107 Å². The van der Waals surface area contributed by atoms with Gasteiger partial charge in [-0.25, -0.2) is 4.79 Å². The summed E-state index contributed by atoms with van der Waals surface area (Å²) in [6.45, 7) is 4.60. The van der Waals surface area contributed by atoms with Crippen LogP contribution in [0.4, 0.5) is 0 Å².